The highest BCUT2D eigenvalue weighted by Gasteiger charge is 2.34. The number of ketones is 2. The summed E-state index contributed by atoms with van der Waals surface area (Å²) in [5.41, 5.74) is 1.68. The minimum absolute atomic E-state index is 0.0990. The number of piperidine rings is 1. The molecule has 1 aliphatic carbocycles. The number of carbonyl (C=O) groups excluding carboxylic acids is 3. The lowest BCUT2D eigenvalue weighted by molar-refractivity contribution is -0.120. The van der Waals surface area contributed by atoms with Crippen LogP contribution in [0.2, 0.25) is 0 Å². The lowest BCUT2D eigenvalue weighted by atomic mass is 9.84. The van der Waals surface area contributed by atoms with Gasteiger partial charge in [0.25, 0.3) is 10.0 Å². The molecule has 1 aromatic heterocycles. The number of hydrogen-bond donors (Lipinski definition) is 1. The number of benzene rings is 2. The molecule has 0 saturated carbocycles. The quantitative estimate of drug-likeness (QED) is 0.481. The molecule has 7 nitrogen and oxygen atoms in total. The maximum Gasteiger partial charge on any atom is 0.252 e. The SMILES string of the molecule is O=C1c2ccccc2C(=O)c2cc(NC(=O)C3CCCN(S(=O)(=O)c4cccs4)C3)ccc21. The number of hydrogen-bond acceptors (Lipinski definition) is 6. The number of fused-ring (bicyclic) bond motifs is 2. The molecule has 2 aliphatic rings. The van der Waals surface area contributed by atoms with Gasteiger partial charge in [-0.15, -0.1) is 11.3 Å². The van der Waals surface area contributed by atoms with Gasteiger partial charge in [0, 0.05) is 41.0 Å². The minimum atomic E-state index is -3.62. The predicted molar refractivity (Wildman–Crippen MR) is 124 cm³/mol. The van der Waals surface area contributed by atoms with Crippen LogP contribution in [0.4, 0.5) is 5.69 Å². The molecule has 0 bridgehead atoms. The smallest absolute Gasteiger partial charge is 0.252 e. The first-order valence-electron chi connectivity index (χ1n) is 10.5. The first-order chi connectivity index (χ1) is 15.9. The third-order valence-electron chi connectivity index (χ3n) is 6.04. The molecular weight excluding hydrogens is 460 g/mol. The normalized spacial score (nSPS) is 18.5. The molecule has 0 radical (unpaired) electrons. The van der Waals surface area contributed by atoms with Gasteiger partial charge in [-0.3, -0.25) is 14.4 Å². The molecule has 1 fully saturated rings. The number of rotatable bonds is 4. The molecule has 1 amide bonds. The molecule has 0 spiro atoms. The summed E-state index contributed by atoms with van der Waals surface area (Å²) in [4.78, 5) is 38.6. The van der Waals surface area contributed by atoms with Gasteiger partial charge in [0.2, 0.25) is 5.91 Å². The molecule has 5 rings (SSSR count). The van der Waals surface area contributed by atoms with E-state index in [-0.39, 0.29) is 33.8 Å². The highest BCUT2D eigenvalue weighted by molar-refractivity contribution is 7.91. The van der Waals surface area contributed by atoms with E-state index in [1.165, 1.54) is 10.4 Å². The second kappa shape index (κ2) is 8.33. The van der Waals surface area contributed by atoms with Crippen LogP contribution in [0.1, 0.15) is 44.7 Å². The van der Waals surface area contributed by atoms with Crippen molar-refractivity contribution in [3.8, 4) is 0 Å². The van der Waals surface area contributed by atoms with Crippen molar-refractivity contribution >= 4 is 44.5 Å². The fourth-order valence-electron chi connectivity index (χ4n) is 4.33. The third kappa shape index (κ3) is 3.82. The van der Waals surface area contributed by atoms with Gasteiger partial charge in [-0.05, 0) is 42.5 Å². The Hall–Kier alpha value is -3.14. The highest BCUT2D eigenvalue weighted by atomic mass is 32.2. The molecule has 1 unspecified atom stereocenters. The van der Waals surface area contributed by atoms with E-state index < -0.39 is 15.9 Å². The monoisotopic (exact) mass is 480 g/mol. The topological polar surface area (TPSA) is 101 Å². The van der Waals surface area contributed by atoms with Crippen LogP contribution in [-0.2, 0) is 14.8 Å². The summed E-state index contributed by atoms with van der Waals surface area (Å²) >= 11 is 1.15. The van der Waals surface area contributed by atoms with Gasteiger partial charge in [0.15, 0.2) is 11.6 Å². The summed E-state index contributed by atoms with van der Waals surface area (Å²) in [6.07, 6.45) is 1.15. The van der Waals surface area contributed by atoms with Gasteiger partial charge in [0.05, 0.1) is 5.92 Å². The van der Waals surface area contributed by atoms with E-state index in [4.69, 9.17) is 0 Å². The van der Waals surface area contributed by atoms with Crippen molar-refractivity contribution in [3.05, 3.63) is 82.2 Å². The van der Waals surface area contributed by atoms with Crippen LogP contribution in [0.3, 0.4) is 0 Å². The Morgan fingerprint density at radius 3 is 2.33 bits per heavy atom. The van der Waals surface area contributed by atoms with Crippen molar-refractivity contribution < 1.29 is 22.8 Å². The standard InChI is InChI=1S/C24H20N2O5S2/c27-22-17-6-1-2-7-18(17)23(28)20-13-16(9-10-19(20)22)25-24(29)15-5-3-11-26(14-15)33(30,31)21-8-4-12-32-21/h1-2,4,6-10,12-13,15H,3,5,11,14H2,(H,25,29). The highest BCUT2D eigenvalue weighted by Crippen LogP contribution is 2.30. The Kier molecular flexibility index (Phi) is 5.48. The lowest BCUT2D eigenvalue weighted by Crippen LogP contribution is -2.43. The van der Waals surface area contributed by atoms with Gasteiger partial charge < -0.3 is 5.32 Å². The van der Waals surface area contributed by atoms with Crippen LogP contribution < -0.4 is 5.32 Å². The zero-order valence-corrected chi connectivity index (χ0v) is 19.1. The first kappa shape index (κ1) is 21.7. The minimum Gasteiger partial charge on any atom is -0.326 e. The molecule has 1 saturated heterocycles. The molecule has 1 N–H and O–H groups in total. The van der Waals surface area contributed by atoms with E-state index in [0.29, 0.717) is 41.8 Å². The van der Waals surface area contributed by atoms with E-state index in [1.807, 2.05) is 0 Å². The zero-order valence-electron chi connectivity index (χ0n) is 17.5. The van der Waals surface area contributed by atoms with E-state index in [9.17, 15) is 22.8 Å². The summed E-state index contributed by atoms with van der Waals surface area (Å²) in [6, 6.07) is 14.6. The first-order valence-corrected chi connectivity index (χ1v) is 12.9. The molecule has 2 heterocycles. The van der Waals surface area contributed by atoms with E-state index in [2.05, 4.69) is 5.32 Å². The Morgan fingerprint density at radius 1 is 0.939 bits per heavy atom. The van der Waals surface area contributed by atoms with E-state index >= 15 is 0 Å². The van der Waals surface area contributed by atoms with Crippen LogP contribution in [0.15, 0.2) is 64.2 Å². The molecule has 9 heteroatoms. The average molecular weight is 481 g/mol. The molecule has 3 aromatic rings. The maximum atomic E-state index is 13.0. The number of carbonyl (C=O) groups is 3. The number of anilines is 1. The summed E-state index contributed by atoms with van der Waals surface area (Å²) in [7, 11) is -3.62. The number of amides is 1. The van der Waals surface area contributed by atoms with Crippen LogP contribution in [0.25, 0.3) is 0 Å². The van der Waals surface area contributed by atoms with Crippen molar-refractivity contribution in [2.24, 2.45) is 5.92 Å². The number of nitrogens with one attached hydrogen (secondary N) is 1. The molecule has 1 atom stereocenters. The maximum absolute atomic E-state index is 13.0. The van der Waals surface area contributed by atoms with E-state index in [1.54, 1.807) is 53.9 Å². The van der Waals surface area contributed by atoms with Crippen LogP contribution in [0, 0.1) is 5.92 Å². The Balaban J connectivity index is 1.34. The van der Waals surface area contributed by atoms with Gasteiger partial charge >= 0.3 is 0 Å². The van der Waals surface area contributed by atoms with Gasteiger partial charge in [-0.1, -0.05) is 30.3 Å². The fourth-order valence-corrected chi connectivity index (χ4v) is 7.00. The lowest BCUT2D eigenvalue weighted by Gasteiger charge is -2.30. The number of nitrogens with zero attached hydrogens (tertiary/aromatic N) is 1. The summed E-state index contributed by atoms with van der Waals surface area (Å²) in [6.45, 7) is 0.473. The molecular formula is C24H20N2O5S2. The van der Waals surface area contributed by atoms with Crippen LogP contribution in [0.5, 0.6) is 0 Å². The second-order valence-electron chi connectivity index (χ2n) is 8.09. The molecule has 168 valence electrons. The Morgan fingerprint density at radius 2 is 1.64 bits per heavy atom. The molecule has 1 aliphatic heterocycles. The van der Waals surface area contributed by atoms with Gasteiger partial charge in [-0.25, -0.2) is 8.42 Å². The van der Waals surface area contributed by atoms with Crippen LogP contribution >= 0.6 is 11.3 Å². The Bertz CT molecular complexity index is 1380. The summed E-state index contributed by atoms with van der Waals surface area (Å²) in [5.74, 6) is -1.31. The summed E-state index contributed by atoms with van der Waals surface area (Å²) in [5, 5.41) is 4.52. The molecule has 2 aromatic carbocycles. The van der Waals surface area contributed by atoms with E-state index in [0.717, 1.165) is 11.3 Å². The summed E-state index contributed by atoms with van der Waals surface area (Å²) < 4.78 is 27.3. The van der Waals surface area contributed by atoms with Crippen LogP contribution in [-0.4, -0.2) is 43.3 Å². The van der Waals surface area contributed by atoms with Crippen molar-refractivity contribution in [2.75, 3.05) is 18.4 Å². The van der Waals surface area contributed by atoms with Crippen molar-refractivity contribution in [1.82, 2.24) is 4.31 Å². The van der Waals surface area contributed by atoms with Gasteiger partial charge in [0.1, 0.15) is 4.21 Å². The largest absolute Gasteiger partial charge is 0.326 e. The number of thiophene rings is 1. The molecule has 33 heavy (non-hydrogen) atoms. The fraction of sp³-hybridized carbons (Fsp3) is 0.208. The van der Waals surface area contributed by atoms with Gasteiger partial charge in [-0.2, -0.15) is 4.31 Å². The van der Waals surface area contributed by atoms with Crippen molar-refractivity contribution in [1.29, 1.82) is 0 Å². The second-order valence-corrected chi connectivity index (χ2v) is 11.2. The third-order valence-corrected chi connectivity index (χ3v) is 9.27. The predicted octanol–water partition coefficient (Wildman–Crippen LogP) is 3.56. The zero-order chi connectivity index (χ0) is 23.2. The Labute approximate surface area is 195 Å². The van der Waals surface area contributed by atoms with Crippen molar-refractivity contribution in [2.45, 2.75) is 17.1 Å². The average Bonchev–Trinajstić information content (AvgIpc) is 3.39. The number of sulfonamides is 1. The van der Waals surface area contributed by atoms with Crippen molar-refractivity contribution in [3.63, 3.8) is 0 Å².